The summed E-state index contributed by atoms with van der Waals surface area (Å²) in [5.41, 5.74) is 4.82. The second kappa shape index (κ2) is 20.5. The fourth-order valence-electron chi connectivity index (χ4n) is 7.97. The summed E-state index contributed by atoms with van der Waals surface area (Å²) in [7, 11) is 1.65. The number of likely N-dealkylation sites (N-methyl/N-ethyl adjacent to an activating group) is 1. The van der Waals surface area contributed by atoms with Gasteiger partial charge in [-0.05, 0) is 112 Å². The van der Waals surface area contributed by atoms with Gasteiger partial charge in [-0.25, -0.2) is 4.79 Å². The van der Waals surface area contributed by atoms with Gasteiger partial charge in [0.15, 0.2) is 5.78 Å². The van der Waals surface area contributed by atoms with E-state index in [0.29, 0.717) is 35.8 Å². The van der Waals surface area contributed by atoms with E-state index in [2.05, 4.69) is 33.4 Å². The lowest BCUT2D eigenvalue weighted by Gasteiger charge is -2.33. The molecule has 3 aliphatic carbocycles. The van der Waals surface area contributed by atoms with Crippen LogP contribution in [0.1, 0.15) is 70.3 Å². The summed E-state index contributed by atoms with van der Waals surface area (Å²) in [5.74, 6) is -1.51. The van der Waals surface area contributed by atoms with Crippen LogP contribution in [0.5, 0.6) is 11.5 Å². The second-order valence-corrected chi connectivity index (χ2v) is 16.4. The SMILES string of the molecule is CN[C@@H](C)C(=O)NC(CCCCNC(=O)C(/C=C/C(=O)O)=C/C=C/C1=C2C=CC(=O)CC2Oc2cc(O)ccc21)C(=O)N1CSC[C@H]1C(=O)N[C@@H]1CCCC2=C1CCC=C2. The first-order valence-corrected chi connectivity index (χ1v) is 21.7. The number of ketones is 1. The Bertz CT molecular complexity index is 2100. The monoisotopic (exact) mass is 839 g/mol. The van der Waals surface area contributed by atoms with E-state index in [1.165, 1.54) is 53.3 Å². The molecule has 15 heteroatoms. The Morgan fingerprint density at radius 2 is 1.92 bits per heavy atom. The van der Waals surface area contributed by atoms with Crippen molar-refractivity contribution in [2.24, 2.45) is 0 Å². The number of phenols is 1. The van der Waals surface area contributed by atoms with E-state index in [-0.39, 0.29) is 60.3 Å². The van der Waals surface area contributed by atoms with Crippen molar-refractivity contribution in [2.75, 3.05) is 25.2 Å². The van der Waals surface area contributed by atoms with Crippen molar-refractivity contribution in [2.45, 2.75) is 95.0 Å². The summed E-state index contributed by atoms with van der Waals surface area (Å²) in [6.07, 6.45) is 19.9. The molecule has 1 saturated heterocycles. The predicted molar refractivity (Wildman–Crippen MR) is 229 cm³/mol. The van der Waals surface area contributed by atoms with Gasteiger partial charge < -0.3 is 41.1 Å². The first kappa shape index (κ1) is 43.9. The van der Waals surface area contributed by atoms with Crippen LogP contribution in [0.2, 0.25) is 0 Å². The van der Waals surface area contributed by atoms with E-state index >= 15 is 0 Å². The molecule has 1 aromatic rings. The third-order valence-electron chi connectivity index (χ3n) is 11.3. The summed E-state index contributed by atoms with van der Waals surface area (Å²) in [5, 5.41) is 31.2. The Labute approximate surface area is 354 Å². The fraction of sp³-hybridized carbons (Fsp3) is 0.422. The maximum atomic E-state index is 14.1. The van der Waals surface area contributed by atoms with Gasteiger partial charge in [-0.15, -0.1) is 11.8 Å². The fourth-order valence-corrected chi connectivity index (χ4v) is 9.14. The van der Waals surface area contributed by atoms with Crippen LogP contribution in [-0.2, 0) is 28.8 Å². The maximum Gasteiger partial charge on any atom is 0.328 e. The molecule has 1 aromatic carbocycles. The zero-order valence-electron chi connectivity index (χ0n) is 33.9. The minimum atomic E-state index is -1.23. The molecular weight excluding hydrogens is 787 g/mol. The molecule has 14 nitrogen and oxygen atoms in total. The molecule has 6 rings (SSSR count). The molecular formula is C45H53N5O9S. The van der Waals surface area contributed by atoms with Gasteiger partial charge in [0.25, 0.3) is 5.91 Å². The van der Waals surface area contributed by atoms with E-state index < -0.39 is 36.1 Å². The summed E-state index contributed by atoms with van der Waals surface area (Å²) in [4.78, 5) is 79.3. The van der Waals surface area contributed by atoms with Gasteiger partial charge in [0.05, 0.1) is 24.4 Å². The number of aromatic hydroxyl groups is 1. The number of allylic oxidation sites excluding steroid dienone is 8. The van der Waals surface area contributed by atoms with Crippen LogP contribution < -0.4 is 26.0 Å². The highest BCUT2D eigenvalue weighted by Crippen LogP contribution is 2.41. The molecule has 5 atom stereocenters. The maximum absolute atomic E-state index is 14.1. The summed E-state index contributed by atoms with van der Waals surface area (Å²) in [6.45, 7) is 1.89. The molecule has 0 radical (unpaired) electrons. The Balaban J connectivity index is 1.09. The van der Waals surface area contributed by atoms with Crippen LogP contribution >= 0.6 is 11.8 Å². The Kier molecular flexibility index (Phi) is 15.0. The third kappa shape index (κ3) is 10.9. The number of hydrogen-bond donors (Lipinski definition) is 6. The minimum absolute atomic E-state index is 0.00777. The first-order valence-electron chi connectivity index (χ1n) is 20.5. The first-order chi connectivity index (χ1) is 28.9. The van der Waals surface area contributed by atoms with Crippen LogP contribution in [0, 0.1) is 0 Å². The van der Waals surface area contributed by atoms with Crippen molar-refractivity contribution >= 4 is 52.7 Å². The van der Waals surface area contributed by atoms with E-state index in [1.54, 1.807) is 43.2 Å². The highest BCUT2D eigenvalue weighted by atomic mass is 32.2. The van der Waals surface area contributed by atoms with Crippen molar-refractivity contribution in [1.82, 2.24) is 26.2 Å². The van der Waals surface area contributed by atoms with Gasteiger partial charge in [-0.1, -0.05) is 30.4 Å². The number of hydrogen-bond acceptors (Lipinski definition) is 10. The molecule has 60 heavy (non-hydrogen) atoms. The quantitative estimate of drug-likeness (QED) is 0.0793. The highest BCUT2D eigenvalue weighted by molar-refractivity contribution is 7.99. The zero-order valence-corrected chi connectivity index (χ0v) is 34.7. The normalized spacial score (nSPS) is 22.2. The number of carboxylic acid groups (broad SMARTS) is 1. The molecule has 6 N–H and O–H groups in total. The van der Waals surface area contributed by atoms with Crippen molar-refractivity contribution in [1.29, 1.82) is 0 Å². The second-order valence-electron chi connectivity index (χ2n) is 15.4. The molecule has 1 fully saturated rings. The molecule has 4 amide bonds. The Hall–Kier alpha value is -5.67. The number of unbranched alkanes of at least 4 members (excludes halogenated alkanes) is 1. The number of benzene rings is 1. The average Bonchev–Trinajstić information content (AvgIpc) is 3.73. The van der Waals surface area contributed by atoms with Crippen LogP contribution in [0.3, 0.4) is 0 Å². The van der Waals surface area contributed by atoms with Crippen molar-refractivity contribution in [3.05, 3.63) is 101 Å². The van der Waals surface area contributed by atoms with Crippen LogP contribution in [0.15, 0.2) is 95.2 Å². The number of carbonyl (C=O) groups is 6. The van der Waals surface area contributed by atoms with Crippen molar-refractivity contribution in [3.63, 3.8) is 0 Å². The summed E-state index contributed by atoms with van der Waals surface area (Å²) >= 11 is 1.50. The van der Waals surface area contributed by atoms with Crippen molar-refractivity contribution < 1.29 is 43.7 Å². The molecule has 318 valence electrons. The smallest absolute Gasteiger partial charge is 0.328 e. The average molecular weight is 840 g/mol. The number of thioether (sulfide) groups is 1. The molecule has 5 aliphatic rings. The molecule has 2 unspecified atom stereocenters. The largest absolute Gasteiger partial charge is 0.508 e. The number of fused-ring (bicyclic) bond motifs is 2. The lowest BCUT2D eigenvalue weighted by atomic mass is 9.82. The predicted octanol–water partition coefficient (Wildman–Crippen LogP) is 4.16. The Morgan fingerprint density at radius 1 is 1.08 bits per heavy atom. The Morgan fingerprint density at radius 3 is 2.72 bits per heavy atom. The lowest BCUT2D eigenvalue weighted by molar-refractivity contribution is -0.141. The molecule has 0 bridgehead atoms. The van der Waals surface area contributed by atoms with Crippen molar-refractivity contribution in [3.8, 4) is 11.5 Å². The zero-order chi connectivity index (χ0) is 42.8. The van der Waals surface area contributed by atoms with E-state index in [9.17, 15) is 39.0 Å². The van der Waals surface area contributed by atoms with Crippen LogP contribution in [0.25, 0.3) is 5.57 Å². The van der Waals surface area contributed by atoms with Gasteiger partial charge in [0.2, 0.25) is 17.7 Å². The van der Waals surface area contributed by atoms with Gasteiger partial charge in [0, 0.05) is 41.1 Å². The number of nitrogens with one attached hydrogen (secondary N) is 4. The van der Waals surface area contributed by atoms with Crippen LogP contribution in [-0.4, -0.2) is 106 Å². The highest BCUT2D eigenvalue weighted by Gasteiger charge is 2.39. The number of phenolic OH excluding ortho intramolecular Hbond substituents is 1. The van der Waals surface area contributed by atoms with Gasteiger partial charge >= 0.3 is 5.97 Å². The number of rotatable bonds is 16. The topological polar surface area (TPSA) is 203 Å². The number of aliphatic carboxylic acids is 1. The third-order valence-corrected chi connectivity index (χ3v) is 12.3. The van der Waals surface area contributed by atoms with Gasteiger partial charge in [-0.3, -0.25) is 24.0 Å². The lowest BCUT2D eigenvalue weighted by Crippen LogP contribution is -2.57. The molecule has 0 aromatic heterocycles. The van der Waals surface area contributed by atoms with Gasteiger partial charge in [0.1, 0.15) is 29.7 Å². The minimum Gasteiger partial charge on any atom is -0.508 e. The molecule has 2 heterocycles. The number of carbonyl (C=O) groups excluding carboxylic acids is 5. The summed E-state index contributed by atoms with van der Waals surface area (Å²) < 4.78 is 6.01. The molecule has 0 saturated carbocycles. The number of carboxylic acids is 1. The number of amides is 4. The number of nitrogens with zero attached hydrogens (tertiary/aromatic N) is 1. The standard InChI is InChI=1S/C45H53N5O9S/c1-27(46-2)42(55)49-37(45(58)50-26-60-25-38(50)44(57)48-36-15-8-10-28-9-3-4-12-32(28)36)14-5-6-22-47-43(56)29(16-21-41(53)54)11-7-13-33-34-19-17-30(51)23-39(34)59-40-24-31(52)18-20-35(33)40/h3,7,9,11,13,16-21,23,27,36-38,40,46,51H,4-6,8,10,12,14-15,22,24-26H2,1-2H3,(H,47,56)(H,48,57)(H,49,55)(H,53,54)/b13-7+,21-16+,29-11+/t27-,36+,37?,38-,40?/m0/s1. The number of ether oxygens (including phenoxy) is 1. The van der Waals surface area contributed by atoms with E-state index in [1.807, 2.05) is 0 Å². The van der Waals surface area contributed by atoms with Crippen LogP contribution in [0.4, 0.5) is 0 Å². The molecule has 0 spiro atoms. The van der Waals surface area contributed by atoms with Gasteiger partial charge in [-0.2, -0.15) is 0 Å². The summed E-state index contributed by atoms with van der Waals surface area (Å²) in [6, 6.07) is 2.54. The van der Waals surface area contributed by atoms with E-state index in [0.717, 1.165) is 49.3 Å². The van der Waals surface area contributed by atoms with E-state index in [4.69, 9.17) is 4.74 Å². The molecule has 2 aliphatic heterocycles.